The Morgan fingerprint density at radius 1 is 1.62 bits per heavy atom. The smallest absolute Gasteiger partial charge is 0.171 e. The van der Waals surface area contributed by atoms with Crippen molar-refractivity contribution in [2.45, 2.75) is 26.1 Å². The molecule has 1 aliphatic rings. The number of carbonyl (C=O) groups excluding carboxylic acids is 1. The summed E-state index contributed by atoms with van der Waals surface area (Å²) in [5, 5.41) is 11.0. The summed E-state index contributed by atoms with van der Waals surface area (Å²) in [7, 11) is 0. The Kier molecular flexibility index (Phi) is 3.69. The van der Waals surface area contributed by atoms with Crippen LogP contribution in [0.25, 0.3) is 11.3 Å². The molecule has 21 heavy (non-hydrogen) atoms. The lowest BCUT2D eigenvalue weighted by Crippen LogP contribution is -2.39. The Labute approximate surface area is 130 Å². The molecular formula is C14H12NO4S2-. The predicted molar refractivity (Wildman–Crippen MR) is 79.0 cm³/mol. The Hall–Kier alpha value is -1.86. The highest BCUT2D eigenvalue weighted by molar-refractivity contribution is 7.73. The van der Waals surface area contributed by atoms with Crippen LogP contribution in [0.1, 0.15) is 18.2 Å². The van der Waals surface area contributed by atoms with E-state index in [-0.39, 0.29) is 0 Å². The maximum absolute atomic E-state index is 11.0. The number of aromatic nitrogens is 1. The van der Waals surface area contributed by atoms with Gasteiger partial charge in [0.25, 0.3) is 0 Å². The summed E-state index contributed by atoms with van der Waals surface area (Å²) in [4.78, 5) is 15.2. The zero-order valence-corrected chi connectivity index (χ0v) is 12.8. The maximum atomic E-state index is 11.0. The number of carbonyl (C=O) groups is 1. The molecule has 1 aromatic heterocycles. The molecular weight excluding hydrogens is 310 g/mol. The molecule has 1 aromatic carbocycles. The number of carboxylic acids is 1. The van der Waals surface area contributed by atoms with Crippen molar-refractivity contribution in [3.8, 4) is 22.8 Å². The number of aliphatic carboxylic acids is 1. The van der Waals surface area contributed by atoms with Gasteiger partial charge in [0.05, 0.1) is 16.5 Å². The predicted octanol–water partition coefficient (Wildman–Crippen LogP) is 2.27. The van der Waals surface area contributed by atoms with Crippen molar-refractivity contribution in [2.24, 2.45) is 0 Å². The van der Waals surface area contributed by atoms with Gasteiger partial charge in [0.15, 0.2) is 15.5 Å². The standard InChI is InChI=1S/C14H13NO4S2/c1-2-8(13(16)17)19-9-5-3-4-7-11-10(6-18-12(7)9)21-14(20)15-11/h3-5,8H,2,6H2,1H3,(H,15,20)(H,16,17)/p-1. The summed E-state index contributed by atoms with van der Waals surface area (Å²) >= 11 is 6.63. The van der Waals surface area contributed by atoms with E-state index in [4.69, 9.17) is 21.7 Å². The fourth-order valence-corrected chi connectivity index (χ4v) is 3.38. The number of ether oxygens (including phenoxy) is 2. The second-order valence-corrected chi connectivity index (χ2v) is 6.34. The third-order valence-electron chi connectivity index (χ3n) is 3.22. The molecule has 1 aliphatic heterocycles. The van der Waals surface area contributed by atoms with Gasteiger partial charge in [-0.1, -0.05) is 13.0 Å². The molecule has 0 fully saturated rings. The third kappa shape index (κ3) is 2.54. The van der Waals surface area contributed by atoms with E-state index in [0.717, 1.165) is 16.1 Å². The first-order chi connectivity index (χ1) is 10.1. The molecule has 2 aromatic rings. The fraction of sp³-hybridized carbons (Fsp3) is 0.286. The summed E-state index contributed by atoms with van der Waals surface area (Å²) in [5.41, 5.74) is 1.74. The number of benzene rings is 1. The number of nitrogens with one attached hydrogen (secondary N) is 1. The monoisotopic (exact) mass is 322 g/mol. The van der Waals surface area contributed by atoms with Gasteiger partial charge >= 0.3 is 0 Å². The van der Waals surface area contributed by atoms with Crippen molar-refractivity contribution >= 4 is 29.5 Å². The molecule has 0 amide bonds. The SMILES string of the molecule is CCC(Oc1cccc2c1OCc1sc(=S)[nH]c1-2)C(=O)[O-]. The van der Waals surface area contributed by atoms with Crippen LogP contribution in [0.5, 0.6) is 11.5 Å². The number of hydrogen-bond donors (Lipinski definition) is 1. The molecule has 0 bridgehead atoms. The average molecular weight is 322 g/mol. The van der Waals surface area contributed by atoms with Gasteiger partial charge in [0.2, 0.25) is 0 Å². The number of carboxylic acid groups (broad SMARTS) is 1. The minimum atomic E-state index is -1.23. The number of H-pyrrole nitrogens is 1. The summed E-state index contributed by atoms with van der Waals surface area (Å²) in [6, 6.07) is 5.37. The summed E-state index contributed by atoms with van der Waals surface area (Å²) in [6.45, 7) is 2.12. The summed E-state index contributed by atoms with van der Waals surface area (Å²) in [5.74, 6) is -0.296. The van der Waals surface area contributed by atoms with Gasteiger partial charge in [-0.25, -0.2) is 0 Å². The molecule has 0 saturated heterocycles. The summed E-state index contributed by atoms with van der Waals surface area (Å²) < 4.78 is 11.9. The Morgan fingerprint density at radius 2 is 2.43 bits per heavy atom. The molecule has 3 rings (SSSR count). The van der Waals surface area contributed by atoms with Crippen molar-refractivity contribution < 1.29 is 19.4 Å². The van der Waals surface area contributed by atoms with E-state index < -0.39 is 12.1 Å². The first-order valence-electron chi connectivity index (χ1n) is 6.45. The topological polar surface area (TPSA) is 74.4 Å². The molecule has 7 heteroatoms. The average Bonchev–Trinajstić information content (AvgIpc) is 2.85. The number of thiazole rings is 1. The Bertz CT molecular complexity index is 750. The van der Waals surface area contributed by atoms with E-state index in [9.17, 15) is 9.90 Å². The quantitative estimate of drug-likeness (QED) is 0.874. The second-order valence-electron chi connectivity index (χ2n) is 4.57. The van der Waals surface area contributed by atoms with Crippen LogP contribution in [0.15, 0.2) is 18.2 Å². The lowest BCUT2D eigenvalue weighted by Gasteiger charge is -2.24. The molecule has 5 nitrogen and oxygen atoms in total. The van der Waals surface area contributed by atoms with Crippen LogP contribution in [-0.4, -0.2) is 17.1 Å². The van der Waals surface area contributed by atoms with E-state index in [1.165, 1.54) is 11.3 Å². The minimum absolute atomic E-state index is 0.318. The van der Waals surface area contributed by atoms with Crippen LogP contribution in [-0.2, 0) is 11.4 Å². The zero-order chi connectivity index (χ0) is 15.0. The second kappa shape index (κ2) is 5.50. The number of fused-ring (bicyclic) bond motifs is 3. The molecule has 110 valence electrons. The van der Waals surface area contributed by atoms with E-state index >= 15 is 0 Å². The lowest BCUT2D eigenvalue weighted by molar-refractivity contribution is -0.313. The molecule has 1 unspecified atom stereocenters. The van der Waals surface area contributed by atoms with Gasteiger partial charge in [-0.2, -0.15) is 0 Å². The van der Waals surface area contributed by atoms with Crippen LogP contribution >= 0.6 is 23.6 Å². The van der Waals surface area contributed by atoms with Crippen LogP contribution < -0.4 is 14.6 Å². The van der Waals surface area contributed by atoms with E-state index in [2.05, 4.69) is 4.98 Å². The molecule has 0 spiro atoms. The van der Waals surface area contributed by atoms with Gasteiger partial charge in [-0.3, -0.25) is 0 Å². The van der Waals surface area contributed by atoms with Crippen LogP contribution in [0.4, 0.5) is 0 Å². The van der Waals surface area contributed by atoms with Gasteiger partial charge in [-0.05, 0) is 30.8 Å². The van der Waals surface area contributed by atoms with E-state index in [1.807, 2.05) is 6.07 Å². The molecule has 1 N–H and O–H groups in total. The van der Waals surface area contributed by atoms with Gasteiger partial charge in [0, 0.05) is 5.56 Å². The van der Waals surface area contributed by atoms with Gasteiger partial charge in [-0.15, -0.1) is 11.3 Å². The van der Waals surface area contributed by atoms with Crippen molar-refractivity contribution in [1.82, 2.24) is 4.98 Å². The van der Waals surface area contributed by atoms with Crippen molar-refractivity contribution in [3.63, 3.8) is 0 Å². The molecule has 0 aliphatic carbocycles. The first-order valence-corrected chi connectivity index (χ1v) is 7.68. The van der Waals surface area contributed by atoms with E-state index in [1.54, 1.807) is 19.1 Å². The van der Waals surface area contributed by atoms with Gasteiger partial charge in [0.1, 0.15) is 12.7 Å². The number of aromatic amines is 1. The minimum Gasteiger partial charge on any atom is -0.546 e. The first kappa shape index (κ1) is 14.1. The van der Waals surface area contributed by atoms with Crippen molar-refractivity contribution in [1.29, 1.82) is 0 Å². The largest absolute Gasteiger partial charge is 0.546 e. The molecule has 2 heterocycles. The number of hydrogen-bond acceptors (Lipinski definition) is 6. The molecule has 1 atom stereocenters. The maximum Gasteiger partial charge on any atom is 0.171 e. The third-order valence-corrected chi connectivity index (χ3v) is 4.43. The zero-order valence-electron chi connectivity index (χ0n) is 11.2. The molecule has 0 radical (unpaired) electrons. The Morgan fingerprint density at radius 3 is 3.14 bits per heavy atom. The highest BCUT2D eigenvalue weighted by Crippen LogP contribution is 2.44. The van der Waals surface area contributed by atoms with Gasteiger partial charge < -0.3 is 24.4 Å². The molecule has 0 saturated carbocycles. The number of para-hydroxylation sites is 1. The van der Waals surface area contributed by atoms with Crippen LogP contribution in [0, 0.1) is 3.95 Å². The van der Waals surface area contributed by atoms with Crippen LogP contribution in [0.2, 0.25) is 0 Å². The van der Waals surface area contributed by atoms with Crippen molar-refractivity contribution in [2.75, 3.05) is 0 Å². The number of rotatable bonds is 4. The highest BCUT2D eigenvalue weighted by Gasteiger charge is 2.24. The lowest BCUT2D eigenvalue weighted by atomic mass is 10.1. The summed E-state index contributed by atoms with van der Waals surface area (Å²) in [6.07, 6.45) is -0.680. The van der Waals surface area contributed by atoms with Crippen molar-refractivity contribution in [3.05, 3.63) is 27.0 Å². The fourth-order valence-electron chi connectivity index (χ4n) is 2.22. The normalized spacial score (nSPS) is 13.8. The highest BCUT2D eigenvalue weighted by atomic mass is 32.1. The Balaban J connectivity index is 2.03. The van der Waals surface area contributed by atoms with Crippen LogP contribution in [0.3, 0.4) is 0 Å². The van der Waals surface area contributed by atoms with E-state index in [0.29, 0.717) is 28.5 Å².